The van der Waals surface area contributed by atoms with Crippen LogP contribution in [0.5, 0.6) is 0 Å². The average Bonchev–Trinajstić information content (AvgIpc) is 2.71. The molecule has 3 atom stereocenters. The van der Waals surface area contributed by atoms with Gasteiger partial charge in [-0.1, -0.05) is 0 Å². The van der Waals surface area contributed by atoms with Crippen molar-refractivity contribution in [2.24, 2.45) is 5.73 Å². The first-order chi connectivity index (χ1) is 7.59. The zero-order valence-corrected chi connectivity index (χ0v) is 10.4. The summed E-state index contributed by atoms with van der Waals surface area (Å²) < 4.78 is 2.27. The first-order valence-electron chi connectivity index (χ1n) is 6.07. The Balaban J connectivity index is 2.15. The lowest BCUT2D eigenvalue weighted by Gasteiger charge is -2.36. The third-order valence-electron chi connectivity index (χ3n) is 3.74. The summed E-state index contributed by atoms with van der Waals surface area (Å²) in [5.74, 6) is 0. The Bertz CT molecular complexity index is 345. The summed E-state index contributed by atoms with van der Waals surface area (Å²) in [5, 5.41) is 0. The van der Waals surface area contributed by atoms with E-state index in [4.69, 9.17) is 5.73 Å². The van der Waals surface area contributed by atoms with E-state index in [-0.39, 0.29) is 6.04 Å². The maximum absolute atomic E-state index is 5.96. The van der Waals surface area contributed by atoms with Crippen molar-refractivity contribution in [3.63, 3.8) is 0 Å². The van der Waals surface area contributed by atoms with E-state index in [0.717, 1.165) is 12.2 Å². The highest BCUT2D eigenvalue weighted by molar-refractivity contribution is 5.05. The first kappa shape index (κ1) is 11.6. The fourth-order valence-corrected chi connectivity index (χ4v) is 2.49. The Kier molecular flexibility index (Phi) is 3.30. The van der Waals surface area contributed by atoms with E-state index in [0.29, 0.717) is 12.1 Å². The Labute approximate surface area is 97.4 Å². The second kappa shape index (κ2) is 4.55. The quantitative estimate of drug-likeness (QED) is 0.826. The molecule has 4 heteroatoms. The van der Waals surface area contributed by atoms with Gasteiger partial charge >= 0.3 is 0 Å². The molecule has 2 N–H and O–H groups in total. The number of nitrogens with two attached hydrogens (primary N) is 1. The van der Waals surface area contributed by atoms with Gasteiger partial charge in [0.05, 0.1) is 12.0 Å². The van der Waals surface area contributed by atoms with Crippen LogP contribution in [0.2, 0.25) is 0 Å². The summed E-state index contributed by atoms with van der Waals surface area (Å²) in [6.07, 6.45) is 6.21. The predicted molar refractivity (Wildman–Crippen MR) is 65.2 cm³/mol. The van der Waals surface area contributed by atoms with Gasteiger partial charge in [-0.05, 0) is 33.7 Å². The summed E-state index contributed by atoms with van der Waals surface area (Å²) in [6.45, 7) is 5.46. The average molecular weight is 222 g/mol. The summed E-state index contributed by atoms with van der Waals surface area (Å²) in [6, 6.07) is 1.27. The van der Waals surface area contributed by atoms with Gasteiger partial charge in [-0.2, -0.15) is 0 Å². The molecule has 2 unspecified atom stereocenters. The van der Waals surface area contributed by atoms with Crippen molar-refractivity contribution in [2.75, 3.05) is 13.6 Å². The highest BCUT2D eigenvalue weighted by Crippen LogP contribution is 2.28. The van der Waals surface area contributed by atoms with Gasteiger partial charge in [0, 0.05) is 30.9 Å². The highest BCUT2D eigenvalue weighted by atomic mass is 15.2. The summed E-state index contributed by atoms with van der Waals surface area (Å²) in [4.78, 5) is 6.65. The van der Waals surface area contributed by atoms with Crippen LogP contribution >= 0.6 is 0 Å². The smallest absolute Gasteiger partial charge is 0.0951 e. The van der Waals surface area contributed by atoms with Crippen LogP contribution in [-0.4, -0.2) is 34.1 Å². The van der Waals surface area contributed by atoms with Crippen molar-refractivity contribution < 1.29 is 0 Å². The van der Waals surface area contributed by atoms with Crippen LogP contribution in [0.3, 0.4) is 0 Å². The number of rotatable bonds is 2. The Morgan fingerprint density at radius 3 is 2.94 bits per heavy atom. The molecule has 1 aromatic rings. The standard InChI is InChI=1S/C12H22N4/c1-9-6-11(4-5-15(9)3)16-8-14-7-12(16)10(2)13/h7-11H,4-6,13H2,1-3H3/t9?,10-,11?/m0/s1. The zero-order valence-electron chi connectivity index (χ0n) is 10.4. The number of imidazole rings is 1. The maximum Gasteiger partial charge on any atom is 0.0951 e. The third-order valence-corrected chi connectivity index (χ3v) is 3.74. The summed E-state index contributed by atoms with van der Waals surface area (Å²) in [5.41, 5.74) is 7.11. The van der Waals surface area contributed by atoms with Crippen LogP contribution in [0.1, 0.15) is 44.5 Å². The van der Waals surface area contributed by atoms with Crippen molar-refractivity contribution in [2.45, 2.75) is 44.8 Å². The first-order valence-corrected chi connectivity index (χ1v) is 6.07. The van der Waals surface area contributed by atoms with Gasteiger partial charge in [-0.15, -0.1) is 0 Å². The second-order valence-corrected chi connectivity index (χ2v) is 5.02. The molecule has 0 aliphatic carbocycles. The number of hydrogen-bond donors (Lipinski definition) is 1. The molecule has 1 aliphatic rings. The lowest BCUT2D eigenvalue weighted by molar-refractivity contribution is 0.155. The molecular weight excluding hydrogens is 200 g/mol. The Hall–Kier alpha value is -0.870. The van der Waals surface area contributed by atoms with Gasteiger partial charge in [0.1, 0.15) is 0 Å². The van der Waals surface area contributed by atoms with E-state index < -0.39 is 0 Å². The fourth-order valence-electron chi connectivity index (χ4n) is 2.49. The van der Waals surface area contributed by atoms with Crippen molar-refractivity contribution in [1.82, 2.24) is 14.5 Å². The van der Waals surface area contributed by atoms with Gasteiger partial charge in [0.2, 0.25) is 0 Å². The molecule has 1 aromatic heterocycles. The molecule has 0 spiro atoms. The highest BCUT2D eigenvalue weighted by Gasteiger charge is 2.25. The molecule has 1 fully saturated rings. The minimum Gasteiger partial charge on any atom is -0.330 e. The Morgan fingerprint density at radius 1 is 1.56 bits per heavy atom. The largest absolute Gasteiger partial charge is 0.330 e. The Morgan fingerprint density at radius 2 is 2.31 bits per heavy atom. The van der Waals surface area contributed by atoms with Gasteiger partial charge in [-0.3, -0.25) is 0 Å². The zero-order chi connectivity index (χ0) is 11.7. The van der Waals surface area contributed by atoms with E-state index in [9.17, 15) is 0 Å². The molecule has 0 aromatic carbocycles. The van der Waals surface area contributed by atoms with Gasteiger partial charge in [0.25, 0.3) is 0 Å². The number of piperidine rings is 1. The monoisotopic (exact) mass is 222 g/mol. The van der Waals surface area contributed by atoms with E-state index in [1.807, 2.05) is 19.4 Å². The molecular formula is C12H22N4. The molecule has 1 aliphatic heterocycles. The van der Waals surface area contributed by atoms with E-state index >= 15 is 0 Å². The number of hydrogen-bond acceptors (Lipinski definition) is 3. The molecule has 2 rings (SSSR count). The van der Waals surface area contributed by atoms with Crippen molar-refractivity contribution in [3.8, 4) is 0 Å². The molecule has 0 radical (unpaired) electrons. The topological polar surface area (TPSA) is 47.1 Å². The SMILES string of the molecule is CC1CC(n2cncc2[C@H](C)N)CCN1C. The number of aromatic nitrogens is 2. The minimum absolute atomic E-state index is 0.0671. The van der Waals surface area contributed by atoms with Crippen molar-refractivity contribution >= 4 is 0 Å². The predicted octanol–water partition coefficient (Wildman–Crippen LogP) is 1.56. The molecule has 0 bridgehead atoms. The van der Waals surface area contributed by atoms with Crippen LogP contribution in [0, 0.1) is 0 Å². The van der Waals surface area contributed by atoms with E-state index in [1.165, 1.54) is 12.8 Å². The van der Waals surface area contributed by atoms with E-state index in [2.05, 4.69) is 28.4 Å². The van der Waals surface area contributed by atoms with Gasteiger partial charge in [-0.25, -0.2) is 4.98 Å². The second-order valence-electron chi connectivity index (χ2n) is 5.02. The number of nitrogens with zero attached hydrogens (tertiary/aromatic N) is 3. The number of likely N-dealkylation sites (tertiary alicyclic amines) is 1. The lowest BCUT2D eigenvalue weighted by Crippen LogP contribution is -2.38. The third kappa shape index (κ3) is 2.13. The molecule has 2 heterocycles. The molecule has 0 saturated carbocycles. The summed E-state index contributed by atoms with van der Waals surface area (Å²) >= 11 is 0. The molecule has 90 valence electrons. The van der Waals surface area contributed by atoms with Crippen LogP contribution in [0.15, 0.2) is 12.5 Å². The van der Waals surface area contributed by atoms with Crippen LogP contribution < -0.4 is 5.73 Å². The van der Waals surface area contributed by atoms with Gasteiger partial charge < -0.3 is 15.2 Å². The summed E-state index contributed by atoms with van der Waals surface area (Å²) in [7, 11) is 2.20. The van der Waals surface area contributed by atoms with Crippen LogP contribution in [0.4, 0.5) is 0 Å². The molecule has 16 heavy (non-hydrogen) atoms. The normalized spacial score (nSPS) is 29.2. The van der Waals surface area contributed by atoms with E-state index in [1.54, 1.807) is 0 Å². The lowest BCUT2D eigenvalue weighted by atomic mass is 9.98. The fraction of sp³-hybridized carbons (Fsp3) is 0.750. The van der Waals surface area contributed by atoms with Crippen molar-refractivity contribution in [1.29, 1.82) is 0 Å². The van der Waals surface area contributed by atoms with Crippen LogP contribution in [-0.2, 0) is 0 Å². The minimum atomic E-state index is 0.0671. The maximum atomic E-state index is 5.96. The molecule has 1 saturated heterocycles. The van der Waals surface area contributed by atoms with Crippen LogP contribution in [0.25, 0.3) is 0 Å². The van der Waals surface area contributed by atoms with Crippen molar-refractivity contribution in [3.05, 3.63) is 18.2 Å². The molecule has 4 nitrogen and oxygen atoms in total. The molecule has 0 amide bonds. The van der Waals surface area contributed by atoms with Gasteiger partial charge in [0.15, 0.2) is 0 Å².